The van der Waals surface area contributed by atoms with Crippen molar-refractivity contribution in [2.45, 2.75) is 63.5 Å². The predicted octanol–water partition coefficient (Wildman–Crippen LogP) is 3.81. The van der Waals surface area contributed by atoms with Crippen molar-refractivity contribution in [2.75, 3.05) is 17.2 Å². The SMILES string of the molecule is Cc1cccc(C)c1-c1ccc(S(=O)(=O)NC(C)C(=O)O)c(NC(=O)C2=NOC(CCCCNc3ncc[nH]3)C2)c1. The number of sulfonamides is 1. The van der Waals surface area contributed by atoms with Crippen molar-refractivity contribution in [3.8, 4) is 11.1 Å². The Morgan fingerprint density at radius 3 is 2.61 bits per heavy atom. The van der Waals surface area contributed by atoms with Crippen molar-refractivity contribution in [2.24, 2.45) is 5.16 Å². The van der Waals surface area contributed by atoms with Crippen LogP contribution in [0.25, 0.3) is 11.1 Å². The van der Waals surface area contributed by atoms with Gasteiger partial charge in [0.05, 0.1) is 5.69 Å². The summed E-state index contributed by atoms with van der Waals surface area (Å²) in [5, 5.41) is 19.0. The normalized spacial score (nSPS) is 15.6. The van der Waals surface area contributed by atoms with E-state index in [-0.39, 0.29) is 28.8 Å². The van der Waals surface area contributed by atoms with Gasteiger partial charge in [-0.1, -0.05) is 29.4 Å². The molecule has 3 aromatic rings. The van der Waals surface area contributed by atoms with Gasteiger partial charge < -0.3 is 25.6 Å². The number of carbonyl (C=O) groups is 2. The van der Waals surface area contributed by atoms with Crippen LogP contribution in [0.2, 0.25) is 0 Å². The predicted molar refractivity (Wildman–Crippen MR) is 155 cm³/mol. The Hall–Kier alpha value is -4.23. The number of H-pyrrole nitrogens is 1. The number of aromatic nitrogens is 2. The summed E-state index contributed by atoms with van der Waals surface area (Å²) >= 11 is 0. The second-order valence-electron chi connectivity index (χ2n) is 9.94. The number of aryl methyl sites for hydroxylation is 2. The van der Waals surface area contributed by atoms with E-state index in [0.717, 1.165) is 36.1 Å². The van der Waals surface area contributed by atoms with Gasteiger partial charge in [-0.05, 0) is 74.4 Å². The van der Waals surface area contributed by atoms with Crippen LogP contribution in [0.5, 0.6) is 0 Å². The van der Waals surface area contributed by atoms with Crippen molar-refractivity contribution in [1.82, 2.24) is 14.7 Å². The molecule has 1 aromatic heterocycles. The van der Waals surface area contributed by atoms with Crippen LogP contribution in [-0.4, -0.2) is 59.8 Å². The number of benzene rings is 2. The third-order valence-corrected chi connectivity index (χ3v) is 8.33. The fourth-order valence-electron chi connectivity index (χ4n) is 4.61. The topological polar surface area (TPSA) is 175 Å². The van der Waals surface area contributed by atoms with Gasteiger partial charge in [0.15, 0.2) is 5.95 Å². The van der Waals surface area contributed by atoms with Crippen LogP contribution in [-0.2, 0) is 24.4 Å². The Bertz CT molecular complexity index is 1520. The van der Waals surface area contributed by atoms with E-state index in [1.165, 1.54) is 13.0 Å². The molecular formula is C28H34N6O6S. The lowest BCUT2D eigenvalue weighted by molar-refractivity contribution is -0.138. The molecule has 5 N–H and O–H groups in total. The molecule has 218 valence electrons. The summed E-state index contributed by atoms with van der Waals surface area (Å²) in [5.41, 5.74) is 3.72. The number of hydrogen-bond donors (Lipinski definition) is 5. The smallest absolute Gasteiger partial charge is 0.321 e. The molecule has 41 heavy (non-hydrogen) atoms. The average molecular weight is 583 g/mol. The van der Waals surface area contributed by atoms with Crippen LogP contribution < -0.4 is 15.4 Å². The third-order valence-electron chi connectivity index (χ3n) is 6.73. The molecule has 0 saturated carbocycles. The van der Waals surface area contributed by atoms with E-state index in [1.807, 2.05) is 32.0 Å². The van der Waals surface area contributed by atoms with Crippen LogP contribution >= 0.6 is 0 Å². The molecule has 0 spiro atoms. The van der Waals surface area contributed by atoms with E-state index in [1.54, 1.807) is 24.5 Å². The second-order valence-corrected chi connectivity index (χ2v) is 11.6. The molecule has 2 aromatic carbocycles. The highest BCUT2D eigenvalue weighted by atomic mass is 32.2. The second kappa shape index (κ2) is 13.0. The molecule has 1 aliphatic rings. The number of imidazole rings is 1. The molecule has 0 fully saturated rings. The van der Waals surface area contributed by atoms with Crippen molar-refractivity contribution in [1.29, 1.82) is 0 Å². The van der Waals surface area contributed by atoms with Gasteiger partial charge in [0.25, 0.3) is 5.91 Å². The zero-order valence-corrected chi connectivity index (χ0v) is 23.9. The van der Waals surface area contributed by atoms with E-state index in [4.69, 9.17) is 4.84 Å². The van der Waals surface area contributed by atoms with E-state index < -0.39 is 27.9 Å². The third kappa shape index (κ3) is 7.50. The number of carbonyl (C=O) groups excluding carboxylic acids is 1. The van der Waals surface area contributed by atoms with Gasteiger partial charge in [0, 0.05) is 25.4 Å². The maximum Gasteiger partial charge on any atom is 0.321 e. The number of oxime groups is 1. The highest BCUT2D eigenvalue weighted by molar-refractivity contribution is 7.89. The van der Waals surface area contributed by atoms with Gasteiger partial charge in [0.2, 0.25) is 10.0 Å². The number of nitrogens with one attached hydrogen (secondary N) is 4. The number of aromatic amines is 1. The average Bonchev–Trinajstić information content (AvgIpc) is 3.61. The standard InChI is InChI=1S/C28H34N6O6S/c1-17-7-6-8-18(2)25(17)20-10-11-24(41(38,39)34-19(3)27(36)37)22(15-20)32-26(35)23-16-21(40-33-23)9-4-5-12-29-28-30-13-14-31-28/h6-8,10-11,13-15,19,21,34H,4-5,9,12,16H2,1-3H3,(H,32,35)(H,36,37)(H2,29,30,31). The van der Waals surface area contributed by atoms with Crippen LogP contribution in [0.15, 0.2) is 58.8 Å². The molecular weight excluding hydrogens is 548 g/mol. The number of carboxylic acid groups (broad SMARTS) is 1. The number of nitrogens with zero attached hydrogens (tertiary/aromatic N) is 2. The number of rotatable bonds is 13. The molecule has 0 saturated heterocycles. The lowest BCUT2D eigenvalue weighted by atomic mass is 9.95. The summed E-state index contributed by atoms with van der Waals surface area (Å²) in [7, 11) is -4.30. The van der Waals surface area contributed by atoms with Crippen LogP contribution in [0.3, 0.4) is 0 Å². The lowest BCUT2D eigenvalue weighted by Gasteiger charge is -2.17. The Morgan fingerprint density at radius 2 is 1.93 bits per heavy atom. The van der Waals surface area contributed by atoms with E-state index >= 15 is 0 Å². The zero-order chi connectivity index (χ0) is 29.6. The molecule has 13 heteroatoms. The van der Waals surface area contributed by atoms with E-state index in [2.05, 4.69) is 30.5 Å². The summed E-state index contributed by atoms with van der Waals surface area (Å²) in [6, 6.07) is 9.02. The molecule has 4 rings (SSSR count). The number of anilines is 2. The highest BCUT2D eigenvalue weighted by Crippen LogP contribution is 2.33. The Kier molecular flexibility index (Phi) is 9.40. The number of aliphatic carboxylic acids is 1. The molecule has 1 amide bonds. The van der Waals surface area contributed by atoms with E-state index in [0.29, 0.717) is 17.9 Å². The largest absolute Gasteiger partial charge is 0.480 e. The minimum atomic E-state index is -4.30. The summed E-state index contributed by atoms with van der Waals surface area (Å²) in [6.45, 7) is 5.84. The van der Waals surface area contributed by atoms with Crippen LogP contribution in [0, 0.1) is 13.8 Å². The first-order valence-corrected chi connectivity index (χ1v) is 14.8. The van der Waals surface area contributed by atoms with Gasteiger partial charge in [-0.2, -0.15) is 4.72 Å². The summed E-state index contributed by atoms with van der Waals surface area (Å²) in [6.07, 6.45) is 5.84. The van der Waals surface area contributed by atoms with Crippen molar-refractivity contribution >= 4 is 39.2 Å². The number of unbranched alkanes of at least 4 members (excludes halogenated alkanes) is 1. The fraction of sp³-hybridized carbons (Fsp3) is 0.357. The molecule has 0 bridgehead atoms. The van der Waals surface area contributed by atoms with Gasteiger partial charge >= 0.3 is 5.97 Å². The first-order valence-electron chi connectivity index (χ1n) is 13.3. The van der Waals surface area contributed by atoms with Gasteiger partial charge in [0.1, 0.15) is 22.8 Å². The molecule has 12 nitrogen and oxygen atoms in total. The molecule has 2 atom stereocenters. The maximum atomic E-state index is 13.2. The van der Waals surface area contributed by atoms with Gasteiger partial charge in [-0.25, -0.2) is 13.4 Å². The zero-order valence-electron chi connectivity index (χ0n) is 23.1. The number of amides is 1. The van der Waals surface area contributed by atoms with Crippen molar-refractivity contribution in [3.63, 3.8) is 0 Å². The van der Waals surface area contributed by atoms with Gasteiger partial charge in [-0.15, -0.1) is 0 Å². The monoisotopic (exact) mass is 582 g/mol. The molecule has 2 heterocycles. The van der Waals surface area contributed by atoms with E-state index in [9.17, 15) is 23.1 Å². The summed E-state index contributed by atoms with van der Waals surface area (Å²) in [4.78, 5) is 36.8. The van der Waals surface area contributed by atoms with Crippen molar-refractivity contribution in [3.05, 3.63) is 59.9 Å². The minimum absolute atomic E-state index is 0.00962. The molecule has 1 aliphatic heterocycles. The fourth-order valence-corrected chi connectivity index (χ4v) is 5.95. The Balaban J connectivity index is 1.48. The Labute approximate surface area is 238 Å². The molecule has 2 unspecified atom stereocenters. The molecule has 0 radical (unpaired) electrons. The Morgan fingerprint density at radius 1 is 1.17 bits per heavy atom. The first-order chi connectivity index (χ1) is 19.5. The van der Waals surface area contributed by atoms with Gasteiger partial charge in [-0.3, -0.25) is 9.59 Å². The highest BCUT2D eigenvalue weighted by Gasteiger charge is 2.29. The number of carboxylic acids is 1. The summed E-state index contributed by atoms with van der Waals surface area (Å²) < 4.78 is 28.5. The van der Waals surface area contributed by atoms with Crippen LogP contribution in [0.1, 0.15) is 43.7 Å². The van der Waals surface area contributed by atoms with Crippen molar-refractivity contribution < 1.29 is 28.0 Å². The lowest BCUT2D eigenvalue weighted by Crippen LogP contribution is -2.38. The molecule has 0 aliphatic carbocycles. The minimum Gasteiger partial charge on any atom is -0.480 e. The quantitative estimate of drug-likeness (QED) is 0.189. The van der Waals surface area contributed by atoms with Crippen LogP contribution in [0.4, 0.5) is 11.6 Å². The first kappa shape index (κ1) is 29.7. The maximum absolute atomic E-state index is 13.2. The summed E-state index contributed by atoms with van der Waals surface area (Å²) in [5.74, 6) is -1.21. The number of hydrogen-bond acceptors (Lipinski definition) is 8.